The molecule has 0 aliphatic carbocycles. The fraction of sp³-hybridized carbons (Fsp3) is 0.467. The van der Waals surface area contributed by atoms with E-state index in [4.69, 9.17) is 5.11 Å². The molecular weight excluding hydrogens is 274 g/mol. The van der Waals surface area contributed by atoms with E-state index in [0.717, 1.165) is 10.6 Å². The van der Waals surface area contributed by atoms with E-state index in [1.807, 2.05) is 37.3 Å². The number of rotatable bonds is 9. The second-order valence-corrected chi connectivity index (χ2v) is 5.92. The third-order valence-electron chi connectivity index (χ3n) is 2.84. The van der Waals surface area contributed by atoms with Crippen molar-refractivity contribution in [3.8, 4) is 0 Å². The van der Waals surface area contributed by atoms with Crippen molar-refractivity contribution in [2.24, 2.45) is 5.92 Å². The van der Waals surface area contributed by atoms with E-state index in [2.05, 4.69) is 5.32 Å². The minimum absolute atomic E-state index is 0.0237. The molecule has 1 rings (SSSR count). The highest BCUT2D eigenvalue weighted by Crippen LogP contribution is 2.17. The number of thioether (sulfide) groups is 1. The maximum atomic E-state index is 11.6. The maximum Gasteiger partial charge on any atom is 0.303 e. The molecule has 5 heteroatoms. The number of amides is 1. The van der Waals surface area contributed by atoms with Crippen LogP contribution in [0.1, 0.15) is 26.2 Å². The third-order valence-corrected chi connectivity index (χ3v) is 3.85. The molecule has 1 aromatic rings. The summed E-state index contributed by atoms with van der Waals surface area (Å²) in [5.41, 5.74) is 0. The Hall–Kier alpha value is -1.49. The summed E-state index contributed by atoms with van der Waals surface area (Å²) in [5.74, 6) is 0.175. The lowest BCUT2D eigenvalue weighted by Crippen LogP contribution is -2.28. The first-order valence-electron chi connectivity index (χ1n) is 6.74. The zero-order chi connectivity index (χ0) is 14.8. The number of hydrogen-bond acceptors (Lipinski definition) is 3. The first kappa shape index (κ1) is 16.6. The number of hydrogen-bond donors (Lipinski definition) is 2. The second-order valence-electron chi connectivity index (χ2n) is 4.75. The molecule has 0 radical (unpaired) electrons. The zero-order valence-corrected chi connectivity index (χ0v) is 12.5. The lowest BCUT2D eigenvalue weighted by molar-refractivity contribution is -0.137. The lowest BCUT2D eigenvalue weighted by atomic mass is 10.1. The minimum Gasteiger partial charge on any atom is -0.481 e. The first-order chi connectivity index (χ1) is 9.58. The molecule has 0 fully saturated rings. The fourth-order valence-electron chi connectivity index (χ4n) is 1.63. The third kappa shape index (κ3) is 7.84. The smallest absolute Gasteiger partial charge is 0.303 e. The number of carboxylic acid groups (broad SMARTS) is 1. The molecule has 1 aromatic carbocycles. The number of carbonyl (C=O) groups is 2. The van der Waals surface area contributed by atoms with Crippen LogP contribution in [0.25, 0.3) is 0 Å². The monoisotopic (exact) mass is 295 g/mol. The van der Waals surface area contributed by atoms with Gasteiger partial charge >= 0.3 is 5.97 Å². The van der Waals surface area contributed by atoms with E-state index in [-0.39, 0.29) is 18.2 Å². The summed E-state index contributed by atoms with van der Waals surface area (Å²) in [7, 11) is 0. The van der Waals surface area contributed by atoms with E-state index in [9.17, 15) is 9.59 Å². The van der Waals surface area contributed by atoms with Crippen molar-refractivity contribution < 1.29 is 14.7 Å². The highest BCUT2D eigenvalue weighted by molar-refractivity contribution is 7.99. The van der Waals surface area contributed by atoms with Gasteiger partial charge in [0.1, 0.15) is 0 Å². The molecule has 1 atom stereocenters. The number of carboxylic acids is 1. The van der Waals surface area contributed by atoms with Crippen LogP contribution in [-0.2, 0) is 9.59 Å². The highest BCUT2D eigenvalue weighted by atomic mass is 32.2. The Morgan fingerprint density at radius 3 is 2.60 bits per heavy atom. The second kappa shape index (κ2) is 9.42. The number of carbonyl (C=O) groups excluding carboxylic acids is 1. The Morgan fingerprint density at radius 2 is 1.95 bits per heavy atom. The van der Waals surface area contributed by atoms with Crippen molar-refractivity contribution in [2.45, 2.75) is 31.1 Å². The van der Waals surface area contributed by atoms with Crippen LogP contribution in [-0.4, -0.2) is 29.3 Å². The maximum absolute atomic E-state index is 11.6. The van der Waals surface area contributed by atoms with Crippen LogP contribution in [0.5, 0.6) is 0 Å². The van der Waals surface area contributed by atoms with Crippen LogP contribution in [0.2, 0.25) is 0 Å². The lowest BCUT2D eigenvalue weighted by Gasteiger charge is -2.11. The van der Waals surface area contributed by atoms with Gasteiger partial charge in [-0.05, 0) is 24.5 Å². The van der Waals surface area contributed by atoms with Gasteiger partial charge in [0.05, 0.1) is 0 Å². The van der Waals surface area contributed by atoms with E-state index in [1.165, 1.54) is 0 Å². The molecule has 110 valence electrons. The standard InChI is InChI=1S/C15H21NO3S/c1-12(7-8-15(18)19)11-16-14(17)9-10-20-13-5-3-2-4-6-13/h2-6,12H,7-11H2,1H3,(H,16,17)(H,18,19). The summed E-state index contributed by atoms with van der Waals surface area (Å²) < 4.78 is 0. The van der Waals surface area contributed by atoms with Crippen molar-refractivity contribution >= 4 is 23.6 Å². The molecule has 0 spiro atoms. The van der Waals surface area contributed by atoms with Crippen LogP contribution in [0.3, 0.4) is 0 Å². The Balaban J connectivity index is 2.10. The average Bonchev–Trinajstić information content (AvgIpc) is 2.44. The molecule has 0 heterocycles. The number of benzene rings is 1. The topological polar surface area (TPSA) is 66.4 Å². The first-order valence-corrected chi connectivity index (χ1v) is 7.73. The molecule has 20 heavy (non-hydrogen) atoms. The highest BCUT2D eigenvalue weighted by Gasteiger charge is 2.07. The van der Waals surface area contributed by atoms with Gasteiger partial charge in [0.25, 0.3) is 0 Å². The molecule has 0 aliphatic rings. The molecule has 0 aromatic heterocycles. The summed E-state index contributed by atoms with van der Waals surface area (Å²) in [6.07, 6.45) is 1.22. The van der Waals surface area contributed by atoms with Gasteiger partial charge in [-0.1, -0.05) is 25.1 Å². The van der Waals surface area contributed by atoms with E-state index >= 15 is 0 Å². The van der Waals surface area contributed by atoms with Crippen LogP contribution in [0, 0.1) is 5.92 Å². The van der Waals surface area contributed by atoms with Crippen LogP contribution in [0.4, 0.5) is 0 Å². The van der Waals surface area contributed by atoms with Gasteiger partial charge in [-0.25, -0.2) is 0 Å². The predicted octanol–water partition coefficient (Wildman–Crippen LogP) is 2.79. The molecule has 0 aliphatic heterocycles. The van der Waals surface area contributed by atoms with Gasteiger partial charge in [-0.15, -0.1) is 11.8 Å². The van der Waals surface area contributed by atoms with Crippen LogP contribution >= 0.6 is 11.8 Å². The Labute approximate surface area is 124 Å². The molecule has 0 saturated carbocycles. The summed E-state index contributed by atoms with van der Waals surface area (Å²) in [6, 6.07) is 9.97. The summed E-state index contributed by atoms with van der Waals surface area (Å²) >= 11 is 1.66. The molecule has 0 saturated heterocycles. The fourth-order valence-corrected chi connectivity index (χ4v) is 2.50. The summed E-state index contributed by atoms with van der Waals surface area (Å²) in [5, 5.41) is 11.4. The van der Waals surface area contributed by atoms with Gasteiger partial charge in [0.15, 0.2) is 0 Å². The molecule has 4 nitrogen and oxygen atoms in total. The summed E-state index contributed by atoms with van der Waals surface area (Å²) in [4.78, 5) is 23.2. The van der Waals surface area contributed by atoms with E-state index in [0.29, 0.717) is 19.4 Å². The van der Waals surface area contributed by atoms with Crippen molar-refractivity contribution in [3.63, 3.8) is 0 Å². The van der Waals surface area contributed by atoms with Gasteiger partial charge < -0.3 is 10.4 Å². The van der Waals surface area contributed by atoms with Crippen LogP contribution < -0.4 is 5.32 Å². The SMILES string of the molecule is CC(CCC(=O)O)CNC(=O)CCSc1ccccc1. The largest absolute Gasteiger partial charge is 0.481 e. The average molecular weight is 295 g/mol. The van der Waals surface area contributed by atoms with Crippen molar-refractivity contribution in [1.29, 1.82) is 0 Å². The Kier molecular flexibility index (Phi) is 7.80. The number of aliphatic carboxylic acids is 1. The Morgan fingerprint density at radius 1 is 1.25 bits per heavy atom. The van der Waals surface area contributed by atoms with Gasteiger partial charge in [-0.3, -0.25) is 9.59 Å². The quantitative estimate of drug-likeness (QED) is 0.688. The van der Waals surface area contributed by atoms with Crippen molar-refractivity contribution in [1.82, 2.24) is 5.32 Å². The molecule has 1 amide bonds. The molecule has 0 bridgehead atoms. The van der Waals surface area contributed by atoms with E-state index in [1.54, 1.807) is 11.8 Å². The van der Waals surface area contributed by atoms with E-state index < -0.39 is 5.97 Å². The molecule has 1 unspecified atom stereocenters. The van der Waals surface area contributed by atoms with Crippen molar-refractivity contribution in [2.75, 3.05) is 12.3 Å². The molecule has 2 N–H and O–H groups in total. The normalized spacial score (nSPS) is 11.8. The summed E-state index contributed by atoms with van der Waals surface area (Å²) in [6.45, 7) is 2.49. The minimum atomic E-state index is -0.789. The zero-order valence-electron chi connectivity index (χ0n) is 11.7. The Bertz CT molecular complexity index is 422. The predicted molar refractivity (Wildman–Crippen MR) is 80.8 cm³/mol. The van der Waals surface area contributed by atoms with Gasteiger partial charge in [-0.2, -0.15) is 0 Å². The van der Waals surface area contributed by atoms with Crippen LogP contribution in [0.15, 0.2) is 35.2 Å². The number of nitrogens with one attached hydrogen (secondary N) is 1. The molecular formula is C15H21NO3S. The van der Waals surface area contributed by atoms with Crippen molar-refractivity contribution in [3.05, 3.63) is 30.3 Å². The van der Waals surface area contributed by atoms with Gasteiger partial charge in [0.2, 0.25) is 5.91 Å². The van der Waals surface area contributed by atoms with Gasteiger partial charge in [0, 0.05) is 30.0 Å².